The zero-order valence-corrected chi connectivity index (χ0v) is 19.5. The fourth-order valence-corrected chi connectivity index (χ4v) is 5.39. The Morgan fingerprint density at radius 3 is 1.64 bits per heavy atom. The summed E-state index contributed by atoms with van der Waals surface area (Å²) in [5.41, 5.74) is 0.502. The van der Waals surface area contributed by atoms with Crippen LogP contribution in [0.1, 0.15) is 29.8 Å². The highest BCUT2D eigenvalue weighted by Gasteiger charge is 2.29. The molecule has 4 aromatic rings. The van der Waals surface area contributed by atoms with Gasteiger partial charge in [0.25, 0.3) is 0 Å². The van der Waals surface area contributed by atoms with Crippen molar-refractivity contribution in [2.75, 3.05) is 0 Å². The second-order valence-corrected chi connectivity index (χ2v) is 10.00. The molecule has 33 heavy (non-hydrogen) atoms. The molecule has 0 radical (unpaired) electrons. The molecule has 0 saturated carbocycles. The summed E-state index contributed by atoms with van der Waals surface area (Å²) in [6.45, 7) is 3.61. The summed E-state index contributed by atoms with van der Waals surface area (Å²) in [4.78, 5) is 16.4. The van der Waals surface area contributed by atoms with Crippen LogP contribution in [0.25, 0.3) is 0 Å². The molecule has 162 valence electrons. The van der Waals surface area contributed by atoms with E-state index in [1.165, 1.54) is 9.79 Å². The summed E-state index contributed by atoms with van der Waals surface area (Å²) in [6, 6.07) is 38.2. The molecule has 0 fully saturated rings. The van der Waals surface area contributed by atoms with Crippen LogP contribution in [0.5, 0.6) is 0 Å². The van der Waals surface area contributed by atoms with Crippen molar-refractivity contribution in [3.05, 3.63) is 126 Å². The van der Waals surface area contributed by atoms with Crippen LogP contribution in [0, 0.1) is 11.8 Å². The van der Waals surface area contributed by atoms with Crippen molar-refractivity contribution >= 4 is 16.9 Å². The Kier molecular flexibility index (Phi) is 6.98. The third kappa shape index (κ3) is 5.94. The van der Waals surface area contributed by atoms with Gasteiger partial charge in [0.15, 0.2) is 20.3 Å². The average Bonchev–Trinajstić information content (AvgIpc) is 2.85. The molecule has 0 N–H and O–H groups in total. The Morgan fingerprint density at radius 2 is 1.12 bits per heavy atom. The van der Waals surface area contributed by atoms with Gasteiger partial charge in [-0.1, -0.05) is 66.4 Å². The third-order valence-corrected chi connectivity index (χ3v) is 7.14. The number of carbonyl (C=O) groups is 1. The van der Waals surface area contributed by atoms with Gasteiger partial charge in [0, 0.05) is 5.56 Å². The molecule has 4 aromatic carbocycles. The Morgan fingerprint density at radius 1 is 0.667 bits per heavy atom. The molecule has 0 aliphatic rings. The van der Waals surface area contributed by atoms with Gasteiger partial charge in [-0.2, -0.15) is 0 Å². The van der Waals surface area contributed by atoms with Crippen LogP contribution in [0.15, 0.2) is 130 Å². The monoisotopic (exact) mass is 449 g/mol. The minimum atomic E-state index is -0.899. The van der Waals surface area contributed by atoms with Gasteiger partial charge in [-0.3, -0.25) is 0 Å². The van der Waals surface area contributed by atoms with E-state index in [9.17, 15) is 4.79 Å². The van der Waals surface area contributed by atoms with Crippen LogP contribution < -0.4 is 0 Å². The molecule has 0 aromatic heterocycles. The number of hydrogen-bond donors (Lipinski definition) is 0. The number of benzene rings is 4. The predicted octanol–water partition coefficient (Wildman–Crippen LogP) is 6.77. The first-order chi connectivity index (χ1) is 16.0. The molecule has 0 atom stereocenters. The van der Waals surface area contributed by atoms with E-state index in [0.717, 1.165) is 10.5 Å². The van der Waals surface area contributed by atoms with Gasteiger partial charge in [-0.25, -0.2) is 4.79 Å². The van der Waals surface area contributed by atoms with E-state index in [-0.39, 0.29) is 16.9 Å². The highest BCUT2D eigenvalue weighted by molar-refractivity contribution is 7.97. The Hall–Kier alpha value is -3.74. The Labute approximate surface area is 198 Å². The number of hydrogen-bond acceptors (Lipinski definition) is 2. The number of esters is 1. The lowest BCUT2D eigenvalue weighted by atomic mass is 10.1. The second-order valence-electron chi connectivity index (χ2n) is 7.97. The Bertz CT molecular complexity index is 1210. The van der Waals surface area contributed by atoms with Crippen molar-refractivity contribution in [3.63, 3.8) is 0 Å². The van der Waals surface area contributed by atoms with Crippen molar-refractivity contribution in [2.45, 2.75) is 34.1 Å². The largest absolute Gasteiger partial charge is 0.443 e. The summed E-state index contributed by atoms with van der Waals surface area (Å²) in [5.74, 6) is 5.75. The molecule has 0 heterocycles. The van der Waals surface area contributed by atoms with Gasteiger partial charge >= 0.3 is 5.97 Å². The lowest BCUT2D eigenvalue weighted by molar-refractivity contribution is 0.0204. The molecule has 3 heteroatoms. The average molecular weight is 450 g/mol. The molecule has 0 spiro atoms. The number of rotatable bonds is 5. The molecule has 2 nitrogen and oxygen atoms in total. The van der Waals surface area contributed by atoms with Crippen LogP contribution in [0.2, 0.25) is 0 Å². The molecule has 0 bridgehead atoms. The molecule has 0 aliphatic carbocycles. The number of ether oxygens (including phenoxy) is 1. The van der Waals surface area contributed by atoms with Crippen LogP contribution in [0.4, 0.5) is 0 Å². The lowest BCUT2D eigenvalue weighted by Gasteiger charge is -2.18. The molecule has 4 rings (SSSR count). The molecule has 0 aliphatic heterocycles. The fraction of sp³-hybridized carbons (Fsp3) is 0.100. The zero-order chi connectivity index (χ0) is 23.1. The van der Waals surface area contributed by atoms with Gasteiger partial charge in [0.2, 0.25) is 0 Å². The topological polar surface area (TPSA) is 26.3 Å². The standard InChI is InChI=1S/C30H25O2S/c1-30(2,23-22-24-12-6-3-7-13-24)32-29(31)25-18-20-28(21-19-25)33(26-14-8-4-9-15-26)27-16-10-5-11-17-27/h3-21H,1-2H3/q+1. The first-order valence-electron chi connectivity index (χ1n) is 10.8. The molecule has 0 amide bonds. The fourth-order valence-electron chi connectivity index (χ4n) is 3.31. The van der Waals surface area contributed by atoms with Crippen LogP contribution in [-0.2, 0) is 15.6 Å². The van der Waals surface area contributed by atoms with Gasteiger partial charge in [0.1, 0.15) is 0 Å². The summed E-state index contributed by atoms with van der Waals surface area (Å²) in [7, 11) is -0.254. The van der Waals surface area contributed by atoms with Gasteiger partial charge < -0.3 is 4.74 Å². The van der Waals surface area contributed by atoms with E-state index >= 15 is 0 Å². The number of carbonyl (C=O) groups excluding carboxylic acids is 1. The second kappa shape index (κ2) is 10.3. The van der Waals surface area contributed by atoms with Crippen molar-refractivity contribution in [1.29, 1.82) is 0 Å². The molecule has 0 unspecified atom stereocenters. The van der Waals surface area contributed by atoms with Crippen LogP contribution in [0.3, 0.4) is 0 Å². The van der Waals surface area contributed by atoms with E-state index in [0.29, 0.717) is 5.56 Å². The third-order valence-electron chi connectivity index (χ3n) is 4.91. The first kappa shape index (κ1) is 22.5. The summed E-state index contributed by atoms with van der Waals surface area (Å²) < 4.78 is 5.70. The van der Waals surface area contributed by atoms with Gasteiger partial charge in [-0.05, 0) is 74.5 Å². The predicted molar refractivity (Wildman–Crippen MR) is 134 cm³/mol. The quantitative estimate of drug-likeness (QED) is 0.191. The van der Waals surface area contributed by atoms with Gasteiger partial charge in [-0.15, -0.1) is 0 Å². The zero-order valence-electron chi connectivity index (χ0n) is 18.7. The van der Waals surface area contributed by atoms with Crippen LogP contribution >= 0.6 is 0 Å². The maximum Gasteiger partial charge on any atom is 0.339 e. The summed E-state index contributed by atoms with van der Waals surface area (Å²) in [6.07, 6.45) is 0. The van der Waals surface area contributed by atoms with Crippen molar-refractivity contribution < 1.29 is 9.53 Å². The Balaban J connectivity index is 1.54. The smallest absolute Gasteiger partial charge is 0.339 e. The van der Waals surface area contributed by atoms with Gasteiger partial charge in [0.05, 0.1) is 16.5 Å². The molecular weight excluding hydrogens is 424 g/mol. The molecule has 0 saturated heterocycles. The first-order valence-corrected chi connectivity index (χ1v) is 12.0. The van der Waals surface area contributed by atoms with E-state index < -0.39 is 5.60 Å². The van der Waals surface area contributed by atoms with E-state index in [1.54, 1.807) is 13.8 Å². The maximum atomic E-state index is 12.8. The highest BCUT2D eigenvalue weighted by atomic mass is 32.2. The normalized spacial score (nSPS) is 10.9. The van der Waals surface area contributed by atoms with Crippen molar-refractivity contribution in [3.8, 4) is 11.8 Å². The van der Waals surface area contributed by atoms with E-state index in [2.05, 4.69) is 60.4 Å². The minimum absolute atomic E-state index is 0.254. The molecular formula is C30H25O2S+. The van der Waals surface area contributed by atoms with Crippen LogP contribution in [-0.4, -0.2) is 11.6 Å². The maximum absolute atomic E-state index is 12.8. The van der Waals surface area contributed by atoms with Crippen molar-refractivity contribution in [2.24, 2.45) is 0 Å². The van der Waals surface area contributed by atoms with E-state index in [1.807, 2.05) is 66.7 Å². The lowest BCUT2D eigenvalue weighted by Crippen LogP contribution is -2.26. The van der Waals surface area contributed by atoms with Crippen molar-refractivity contribution in [1.82, 2.24) is 0 Å². The summed E-state index contributed by atoms with van der Waals surface area (Å²) in [5, 5.41) is 0. The SMILES string of the molecule is CC(C)(C#Cc1ccccc1)OC(=O)c1ccc([S+](c2ccccc2)c2ccccc2)cc1. The minimum Gasteiger partial charge on any atom is -0.443 e. The summed E-state index contributed by atoms with van der Waals surface area (Å²) >= 11 is 0. The van der Waals surface area contributed by atoms with E-state index in [4.69, 9.17) is 4.74 Å². The highest BCUT2D eigenvalue weighted by Crippen LogP contribution is 2.31.